The summed E-state index contributed by atoms with van der Waals surface area (Å²) in [4.78, 5) is 17.3. The molecule has 0 atom stereocenters. The molecule has 4 N–H and O–H groups in total. The van der Waals surface area contributed by atoms with Gasteiger partial charge in [0.1, 0.15) is 11.4 Å². The molecule has 6 heteroatoms. The molecule has 1 aromatic heterocycles. The summed E-state index contributed by atoms with van der Waals surface area (Å²) in [5.41, 5.74) is 8.89. The smallest absolute Gasteiger partial charge is 0.339 e. The van der Waals surface area contributed by atoms with Gasteiger partial charge in [-0.15, -0.1) is 0 Å². The van der Waals surface area contributed by atoms with E-state index in [1.807, 2.05) is 44.1 Å². The van der Waals surface area contributed by atoms with Crippen LogP contribution in [0.5, 0.6) is 0 Å². The minimum atomic E-state index is -1.07. The van der Waals surface area contributed by atoms with Crippen LogP contribution < -0.4 is 16.0 Å². The number of nitrogen functional groups attached to an aromatic ring is 1. The summed E-state index contributed by atoms with van der Waals surface area (Å²) in [6.45, 7) is 2.02. The lowest BCUT2D eigenvalue weighted by molar-refractivity contribution is 0.0697. The highest BCUT2D eigenvalue weighted by atomic mass is 16.4. The number of benzene rings is 1. The van der Waals surface area contributed by atoms with Gasteiger partial charge in [-0.1, -0.05) is 6.07 Å². The molecular formula is C15H18N4O2. The lowest BCUT2D eigenvalue weighted by Crippen LogP contribution is -2.11. The quantitative estimate of drug-likeness (QED) is 0.799. The average Bonchev–Trinajstić information content (AvgIpc) is 2.42. The van der Waals surface area contributed by atoms with Crippen LogP contribution >= 0.6 is 0 Å². The Balaban J connectivity index is 2.39. The number of carboxylic acid groups (broad SMARTS) is 1. The summed E-state index contributed by atoms with van der Waals surface area (Å²) in [5.74, 6) is -0.803. The third kappa shape index (κ3) is 3.22. The number of aromatic nitrogens is 1. The van der Waals surface area contributed by atoms with E-state index >= 15 is 0 Å². The van der Waals surface area contributed by atoms with E-state index in [2.05, 4.69) is 10.3 Å². The van der Waals surface area contributed by atoms with Crippen molar-refractivity contribution < 1.29 is 9.90 Å². The van der Waals surface area contributed by atoms with Crippen LogP contribution in [-0.2, 0) is 0 Å². The number of nitrogens with two attached hydrogens (primary N) is 1. The number of aromatic carboxylic acids is 1. The van der Waals surface area contributed by atoms with E-state index < -0.39 is 5.97 Å². The second kappa shape index (κ2) is 5.70. The van der Waals surface area contributed by atoms with E-state index in [-0.39, 0.29) is 11.4 Å². The zero-order valence-corrected chi connectivity index (χ0v) is 12.2. The molecule has 2 aromatic rings. The molecule has 0 bridgehead atoms. The first-order chi connectivity index (χ1) is 9.88. The van der Waals surface area contributed by atoms with E-state index in [0.717, 1.165) is 16.9 Å². The Morgan fingerprint density at radius 2 is 2.05 bits per heavy atom. The fourth-order valence-corrected chi connectivity index (χ4v) is 2.05. The number of carboxylic acids is 1. The Hall–Kier alpha value is -2.76. The Morgan fingerprint density at radius 1 is 1.33 bits per heavy atom. The van der Waals surface area contributed by atoms with Gasteiger partial charge in [-0.3, -0.25) is 0 Å². The molecule has 0 saturated heterocycles. The van der Waals surface area contributed by atoms with Crippen LogP contribution in [0.1, 0.15) is 15.9 Å². The summed E-state index contributed by atoms with van der Waals surface area (Å²) >= 11 is 0. The predicted molar refractivity (Wildman–Crippen MR) is 84.4 cm³/mol. The van der Waals surface area contributed by atoms with Crippen LogP contribution in [0, 0.1) is 6.92 Å². The van der Waals surface area contributed by atoms with Gasteiger partial charge in [-0.05, 0) is 30.7 Å². The van der Waals surface area contributed by atoms with E-state index in [1.165, 1.54) is 12.3 Å². The van der Waals surface area contributed by atoms with Crippen LogP contribution in [-0.4, -0.2) is 30.2 Å². The molecule has 0 aliphatic carbocycles. The van der Waals surface area contributed by atoms with Gasteiger partial charge in [-0.2, -0.15) is 0 Å². The van der Waals surface area contributed by atoms with Gasteiger partial charge < -0.3 is 21.1 Å². The molecule has 0 radical (unpaired) electrons. The first-order valence-corrected chi connectivity index (χ1v) is 6.42. The molecule has 0 fully saturated rings. The van der Waals surface area contributed by atoms with Crippen LogP contribution in [0.2, 0.25) is 0 Å². The summed E-state index contributed by atoms with van der Waals surface area (Å²) in [7, 11) is 3.91. The molecule has 2 rings (SSSR count). The van der Waals surface area contributed by atoms with Crippen molar-refractivity contribution in [3.63, 3.8) is 0 Å². The summed E-state index contributed by atoms with van der Waals surface area (Å²) in [6, 6.07) is 7.18. The van der Waals surface area contributed by atoms with Gasteiger partial charge in [0.05, 0.1) is 11.9 Å². The molecule has 0 aliphatic rings. The topological polar surface area (TPSA) is 91.5 Å². The van der Waals surface area contributed by atoms with E-state index in [1.54, 1.807) is 0 Å². The third-order valence-corrected chi connectivity index (χ3v) is 3.09. The van der Waals surface area contributed by atoms with Gasteiger partial charge >= 0.3 is 5.97 Å². The van der Waals surface area contributed by atoms with Crippen molar-refractivity contribution in [2.45, 2.75) is 6.92 Å². The maximum absolute atomic E-state index is 11.2. The molecule has 1 heterocycles. The third-order valence-electron chi connectivity index (χ3n) is 3.09. The number of carbonyl (C=O) groups is 1. The van der Waals surface area contributed by atoms with Gasteiger partial charge in [0.2, 0.25) is 0 Å². The molecular weight excluding hydrogens is 268 g/mol. The number of anilines is 4. The van der Waals surface area contributed by atoms with Gasteiger partial charge in [0.15, 0.2) is 0 Å². The molecule has 0 aliphatic heterocycles. The lowest BCUT2D eigenvalue weighted by atomic mass is 10.1. The van der Waals surface area contributed by atoms with Crippen LogP contribution in [0.25, 0.3) is 0 Å². The first kappa shape index (κ1) is 14.6. The SMILES string of the molecule is Cc1ccc(Nc2ncc(N)cc2C(=O)O)cc1N(C)C. The fourth-order valence-electron chi connectivity index (χ4n) is 2.05. The maximum atomic E-state index is 11.2. The standard InChI is InChI=1S/C15H18N4O2/c1-9-4-5-11(7-13(9)19(2)3)18-14-12(15(20)21)6-10(16)8-17-14/h4-8H,16H2,1-3H3,(H,17,18)(H,20,21). The van der Waals surface area contributed by atoms with Crippen molar-refractivity contribution in [3.05, 3.63) is 41.6 Å². The molecule has 1 aromatic carbocycles. The van der Waals surface area contributed by atoms with Crippen molar-refractivity contribution in [1.29, 1.82) is 0 Å². The molecule has 0 unspecified atom stereocenters. The number of hydrogen-bond donors (Lipinski definition) is 3. The van der Waals surface area contributed by atoms with Crippen LogP contribution in [0.15, 0.2) is 30.5 Å². The Kier molecular flexibility index (Phi) is 3.98. The fraction of sp³-hybridized carbons (Fsp3) is 0.200. The van der Waals surface area contributed by atoms with Crippen LogP contribution in [0.4, 0.5) is 22.9 Å². The highest BCUT2D eigenvalue weighted by Gasteiger charge is 2.13. The molecule has 110 valence electrons. The highest BCUT2D eigenvalue weighted by molar-refractivity contribution is 5.95. The molecule has 6 nitrogen and oxygen atoms in total. The second-order valence-electron chi connectivity index (χ2n) is 4.99. The Bertz CT molecular complexity index is 683. The molecule has 21 heavy (non-hydrogen) atoms. The van der Waals surface area contributed by atoms with Gasteiger partial charge in [0.25, 0.3) is 0 Å². The molecule has 0 saturated carbocycles. The second-order valence-corrected chi connectivity index (χ2v) is 4.99. The van der Waals surface area contributed by atoms with Crippen molar-refractivity contribution in [2.24, 2.45) is 0 Å². The molecule has 0 spiro atoms. The normalized spacial score (nSPS) is 10.2. The van der Waals surface area contributed by atoms with Crippen molar-refractivity contribution in [1.82, 2.24) is 4.98 Å². The zero-order valence-electron chi connectivity index (χ0n) is 12.2. The number of nitrogens with one attached hydrogen (secondary N) is 1. The Morgan fingerprint density at radius 3 is 2.67 bits per heavy atom. The number of pyridine rings is 1. The average molecular weight is 286 g/mol. The minimum absolute atomic E-state index is 0.0435. The summed E-state index contributed by atoms with van der Waals surface area (Å²) < 4.78 is 0. The van der Waals surface area contributed by atoms with Crippen molar-refractivity contribution in [3.8, 4) is 0 Å². The number of aryl methyl sites for hydroxylation is 1. The van der Waals surface area contributed by atoms with E-state index in [0.29, 0.717) is 5.69 Å². The zero-order chi connectivity index (χ0) is 15.6. The summed E-state index contributed by atoms with van der Waals surface area (Å²) in [6.07, 6.45) is 1.43. The molecule has 0 amide bonds. The van der Waals surface area contributed by atoms with E-state index in [4.69, 9.17) is 5.73 Å². The number of nitrogens with zero attached hydrogens (tertiary/aromatic N) is 2. The first-order valence-electron chi connectivity index (χ1n) is 6.42. The number of hydrogen-bond acceptors (Lipinski definition) is 5. The van der Waals surface area contributed by atoms with Gasteiger partial charge in [-0.25, -0.2) is 9.78 Å². The van der Waals surface area contributed by atoms with Crippen LogP contribution in [0.3, 0.4) is 0 Å². The van der Waals surface area contributed by atoms with Gasteiger partial charge in [0, 0.05) is 25.5 Å². The van der Waals surface area contributed by atoms with Crippen molar-refractivity contribution in [2.75, 3.05) is 30.0 Å². The summed E-state index contributed by atoms with van der Waals surface area (Å²) in [5, 5.41) is 12.2. The highest BCUT2D eigenvalue weighted by Crippen LogP contribution is 2.26. The van der Waals surface area contributed by atoms with E-state index in [9.17, 15) is 9.90 Å². The minimum Gasteiger partial charge on any atom is -0.478 e. The largest absolute Gasteiger partial charge is 0.478 e. The predicted octanol–water partition coefficient (Wildman–Crippen LogP) is 2.48. The number of rotatable bonds is 4. The lowest BCUT2D eigenvalue weighted by Gasteiger charge is -2.17. The van der Waals surface area contributed by atoms with Crippen molar-refractivity contribution >= 4 is 28.8 Å². The Labute approximate surface area is 123 Å². The maximum Gasteiger partial charge on any atom is 0.339 e. The monoisotopic (exact) mass is 286 g/mol.